The zero-order chi connectivity index (χ0) is 15.3. The summed E-state index contributed by atoms with van der Waals surface area (Å²) in [5.41, 5.74) is 0.565. The Hall–Kier alpha value is -1.47. The Kier molecular flexibility index (Phi) is 5.30. The van der Waals surface area contributed by atoms with Crippen LogP contribution in [-0.2, 0) is 4.74 Å². The Morgan fingerprint density at radius 2 is 1.90 bits per heavy atom. The quantitative estimate of drug-likeness (QED) is 0.850. The van der Waals surface area contributed by atoms with Crippen molar-refractivity contribution in [1.82, 2.24) is 0 Å². The summed E-state index contributed by atoms with van der Waals surface area (Å²) >= 11 is 0. The van der Waals surface area contributed by atoms with Gasteiger partial charge >= 0.3 is 6.18 Å². The van der Waals surface area contributed by atoms with E-state index < -0.39 is 18.9 Å². The molecule has 2 rings (SSSR count). The molecule has 1 aliphatic heterocycles. The lowest BCUT2D eigenvalue weighted by atomic mass is 10.1. The number of alkyl halides is 3. The molecule has 0 saturated carbocycles. The van der Waals surface area contributed by atoms with Crippen LogP contribution in [0.2, 0.25) is 0 Å². The van der Waals surface area contributed by atoms with Crippen molar-refractivity contribution in [3.05, 3.63) is 23.8 Å². The topological polar surface area (TPSA) is 47.9 Å². The van der Waals surface area contributed by atoms with Crippen LogP contribution in [0.25, 0.3) is 0 Å². The molecule has 4 nitrogen and oxygen atoms in total. The van der Waals surface area contributed by atoms with Gasteiger partial charge in [0.05, 0.1) is 19.3 Å². The molecule has 7 heteroatoms. The molecule has 0 radical (unpaired) electrons. The first-order valence-corrected chi connectivity index (χ1v) is 6.68. The predicted octanol–water partition coefficient (Wildman–Crippen LogP) is 2.85. The Morgan fingerprint density at radius 3 is 2.62 bits per heavy atom. The van der Waals surface area contributed by atoms with Gasteiger partial charge in [-0.1, -0.05) is 6.07 Å². The standard InChI is InChI=1S/C14H17F3O4/c15-14(16,17)9-19-7-4-11(18)10-2-3-12-13(8-10)21-6-1-5-20-12/h2-3,8,11,18H,1,4-7,9H2. The van der Waals surface area contributed by atoms with Crippen LogP contribution >= 0.6 is 0 Å². The minimum Gasteiger partial charge on any atom is -0.490 e. The molecule has 118 valence electrons. The number of aliphatic hydroxyl groups excluding tert-OH is 1. The van der Waals surface area contributed by atoms with Crippen LogP contribution in [0.3, 0.4) is 0 Å². The molecule has 1 aromatic rings. The van der Waals surface area contributed by atoms with Crippen LogP contribution in [-0.4, -0.2) is 37.7 Å². The molecule has 1 aliphatic rings. The van der Waals surface area contributed by atoms with Crippen LogP contribution in [0.4, 0.5) is 13.2 Å². The maximum absolute atomic E-state index is 11.9. The summed E-state index contributed by atoms with van der Waals surface area (Å²) in [6.45, 7) is -0.378. The molecule has 1 heterocycles. The lowest BCUT2D eigenvalue weighted by Crippen LogP contribution is -2.18. The molecule has 0 aliphatic carbocycles. The van der Waals surface area contributed by atoms with Crippen molar-refractivity contribution in [2.45, 2.75) is 25.1 Å². The molecular formula is C14H17F3O4. The van der Waals surface area contributed by atoms with Gasteiger partial charge < -0.3 is 19.3 Å². The molecule has 0 saturated heterocycles. The van der Waals surface area contributed by atoms with E-state index >= 15 is 0 Å². The summed E-state index contributed by atoms with van der Waals surface area (Å²) in [6, 6.07) is 5.01. The van der Waals surface area contributed by atoms with Crippen LogP contribution < -0.4 is 9.47 Å². The third kappa shape index (κ3) is 5.09. The second-order valence-corrected chi connectivity index (χ2v) is 4.73. The number of aliphatic hydroxyl groups is 1. The van der Waals surface area contributed by atoms with Crippen LogP contribution in [0, 0.1) is 0 Å². The molecule has 0 bridgehead atoms. The van der Waals surface area contributed by atoms with Gasteiger partial charge in [-0.2, -0.15) is 13.2 Å². The fraction of sp³-hybridized carbons (Fsp3) is 0.571. The highest BCUT2D eigenvalue weighted by molar-refractivity contribution is 5.44. The molecule has 21 heavy (non-hydrogen) atoms. The van der Waals surface area contributed by atoms with E-state index in [9.17, 15) is 18.3 Å². The van der Waals surface area contributed by atoms with Crippen LogP contribution in [0.5, 0.6) is 11.5 Å². The zero-order valence-corrected chi connectivity index (χ0v) is 11.4. The van der Waals surface area contributed by atoms with E-state index in [1.54, 1.807) is 18.2 Å². The second-order valence-electron chi connectivity index (χ2n) is 4.73. The van der Waals surface area contributed by atoms with E-state index in [2.05, 4.69) is 4.74 Å². The number of fused-ring (bicyclic) bond motifs is 1. The number of rotatable bonds is 5. The van der Waals surface area contributed by atoms with Crippen molar-refractivity contribution >= 4 is 0 Å². The summed E-state index contributed by atoms with van der Waals surface area (Å²) < 4.78 is 51.2. The molecular weight excluding hydrogens is 289 g/mol. The summed E-state index contributed by atoms with van der Waals surface area (Å²) in [4.78, 5) is 0. The smallest absolute Gasteiger partial charge is 0.411 e. The molecule has 1 unspecified atom stereocenters. The van der Waals surface area contributed by atoms with Crippen molar-refractivity contribution in [3.8, 4) is 11.5 Å². The molecule has 0 spiro atoms. The first-order valence-electron chi connectivity index (χ1n) is 6.68. The summed E-state index contributed by atoms with van der Waals surface area (Å²) in [5.74, 6) is 1.15. The SMILES string of the molecule is OC(CCOCC(F)(F)F)c1ccc2c(c1)OCCCO2. The summed E-state index contributed by atoms with van der Waals surface area (Å²) in [5, 5.41) is 9.96. The normalized spacial score (nSPS) is 16.4. The van der Waals surface area contributed by atoms with Crippen molar-refractivity contribution in [2.75, 3.05) is 26.4 Å². The third-order valence-electron chi connectivity index (χ3n) is 2.96. The number of hydrogen-bond acceptors (Lipinski definition) is 4. The van der Waals surface area contributed by atoms with E-state index in [0.29, 0.717) is 30.3 Å². The Morgan fingerprint density at radius 1 is 1.19 bits per heavy atom. The summed E-state index contributed by atoms with van der Waals surface area (Å²) in [6.07, 6.45) is -4.40. The van der Waals surface area contributed by atoms with E-state index in [-0.39, 0.29) is 13.0 Å². The summed E-state index contributed by atoms with van der Waals surface area (Å²) in [7, 11) is 0. The average Bonchev–Trinajstić information content (AvgIpc) is 2.66. The first kappa shape index (κ1) is 15.9. The van der Waals surface area contributed by atoms with Gasteiger partial charge in [0.15, 0.2) is 11.5 Å². The van der Waals surface area contributed by atoms with E-state index in [4.69, 9.17) is 9.47 Å². The van der Waals surface area contributed by atoms with Crippen LogP contribution in [0.1, 0.15) is 24.5 Å². The van der Waals surface area contributed by atoms with Gasteiger partial charge in [0.2, 0.25) is 0 Å². The molecule has 0 aromatic heterocycles. The van der Waals surface area contributed by atoms with Gasteiger partial charge in [0, 0.05) is 19.4 Å². The highest BCUT2D eigenvalue weighted by Gasteiger charge is 2.27. The number of benzene rings is 1. The van der Waals surface area contributed by atoms with Gasteiger partial charge in [-0.3, -0.25) is 0 Å². The molecule has 1 aromatic carbocycles. The van der Waals surface area contributed by atoms with Crippen molar-refractivity contribution < 1.29 is 32.5 Å². The van der Waals surface area contributed by atoms with Crippen LogP contribution in [0.15, 0.2) is 18.2 Å². The minimum atomic E-state index is -4.35. The molecule has 1 N–H and O–H groups in total. The minimum absolute atomic E-state index is 0.0791. The van der Waals surface area contributed by atoms with Crippen molar-refractivity contribution in [2.24, 2.45) is 0 Å². The maximum atomic E-state index is 11.9. The fourth-order valence-electron chi connectivity index (χ4n) is 1.94. The largest absolute Gasteiger partial charge is 0.490 e. The van der Waals surface area contributed by atoms with Gasteiger partial charge in [-0.05, 0) is 17.7 Å². The second kappa shape index (κ2) is 7.00. The predicted molar refractivity (Wildman–Crippen MR) is 68.5 cm³/mol. The van der Waals surface area contributed by atoms with E-state index in [0.717, 1.165) is 6.42 Å². The number of ether oxygens (including phenoxy) is 3. The van der Waals surface area contributed by atoms with Gasteiger partial charge in [0.25, 0.3) is 0 Å². The zero-order valence-electron chi connectivity index (χ0n) is 11.4. The Labute approximate surface area is 120 Å². The highest BCUT2D eigenvalue weighted by Crippen LogP contribution is 2.33. The molecule has 0 amide bonds. The first-order chi connectivity index (χ1) is 9.96. The highest BCUT2D eigenvalue weighted by atomic mass is 19.4. The van der Waals surface area contributed by atoms with Gasteiger partial charge in [-0.25, -0.2) is 0 Å². The lowest BCUT2D eigenvalue weighted by molar-refractivity contribution is -0.175. The van der Waals surface area contributed by atoms with Crippen molar-refractivity contribution in [3.63, 3.8) is 0 Å². The lowest BCUT2D eigenvalue weighted by Gasteiger charge is -2.14. The maximum Gasteiger partial charge on any atom is 0.411 e. The third-order valence-corrected chi connectivity index (χ3v) is 2.96. The molecule has 0 fully saturated rings. The number of hydrogen-bond donors (Lipinski definition) is 1. The van der Waals surface area contributed by atoms with Gasteiger partial charge in [-0.15, -0.1) is 0 Å². The fourth-order valence-corrected chi connectivity index (χ4v) is 1.94. The van der Waals surface area contributed by atoms with E-state index in [1.165, 1.54) is 0 Å². The monoisotopic (exact) mass is 306 g/mol. The molecule has 1 atom stereocenters. The Balaban J connectivity index is 1.87. The number of halogens is 3. The van der Waals surface area contributed by atoms with E-state index in [1.807, 2.05) is 0 Å². The van der Waals surface area contributed by atoms with Gasteiger partial charge in [0.1, 0.15) is 6.61 Å². The average molecular weight is 306 g/mol. The van der Waals surface area contributed by atoms with Crippen molar-refractivity contribution in [1.29, 1.82) is 0 Å². The Bertz CT molecular complexity index is 462.